The van der Waals surface area contributed by atoms with Crippen molar-refractivity contribution in [3.05, 3.63) is 53.5 Å². The fourth-order valence-corrected chi connectivity index (χ4v) is 5.86. The van der Waals surface area contributed by atoms with Gasteiger partial charge in [-0.2, -0.15) is 4.98 Å². The molecular weight excluding hydrogens is 614 g/mol. The Kier molecular flexibility index (Phi) is 12.2. The minimum absolute atomic E-state index is 0.0504. The average molecular weight is 662 g/mol. The van der Waals surface area contributed by atoms with Crippen molar-refractivity contribution in [1.82, 2.24) is 44.6 Å². The second-order valence-corrected chi connectivity index (χ2v) is 12.1. The molecule has 0 radical (unpaired) electrons. The Balaban J connectivity index is 1.10. The summed E-state index contributed by atoms with van der Waals surface area (Å²) < 4.78 is 9.78. The SMILES string of the molecule is CCCCCNc1nc(N)nc2ccn(Cc3ccc(CN4CCN(CCn5cc(CNC(=O)CCC(=O)O)nn5)CC4)cc3OC)c12. The molecule has 15 heteroatoms. The summed E-state index contributed by atoms with van der Waals surface area (Å²) >= 11 is 0. The first-order valence-corrected chi connectivity index (χ1v) is 16.7. The van der Waals surface area contributed by atoms with Crippen LogP contribution in [0.25, 0.3) is 11.0 Å². The summed E-state index contributed by atoms with van der Waals surface area (Å²) in [5, 5.41) is 23.1. The molecule has 3 aromatic heterocycles. The van der Waals surface area contributed by atoms with Crippen LogP contribution >= 0.6 is 0 Å². The molecule has 0 atom stereocenters. The number of nitrogens with zero attached hydrogens (tertiary/aromatic N) is 8. The van der Waals surface area contributed by atoms with Crippen LogP contribution in [0.5, 0.6) is 5.75 Å². The minimum Gasteiger partial charge on any atom is -0.496 e. The number of ether oxygens (including phenoxy) is 1. The van der Waals surface area contributed by atoms with Crippen molar-refractivity contribution >= 4 is 34.7 Å². The summed E-state index contributed by atoms with van der Waals surface area (Å²) in [7, 11) is 1.72. The van der Waals surface area contributed by atoms with Gasteiger partial charge >= 0.3 is 5.97 Å². The minimum atomic E-state index is -0.993. The number of aromatic nitrogens is 6. The van der Waals surface area contributed by atoms with Gasteiger partial charge in [0.2, 0.25) is 11.9 Å². The summed E-state index contributed by atoms with van der Waals surface area (Å²) in [5.41, 5.74) is 10.7. The molecule has 1 fully saturated rings. The summed E-state index contributed by atoms with van der Waals surface area (Å²) in [6.07, 6.45) is 6.99. The molecule has 4 aromatic rings. The van der Waals surface area contributed by atoms with E-state index in [2.05, 4.69) is 70.4 Å². The molecule has 5 N–H and O–H groups in total. The molecule has 0 saturated carbocycles. The van der Waals surface area contributed by atoms with Gasteiger partial charge in [0, 0.05) is 64.0 Å². The van der Waals surface area contributed by atoms with Crippen molar-refractivity contribution in [2.45, 2.75) is 65.2 Å². The maximum absolute atomic E-state index is 11.8. The van der Waals surface area contributed by atoms with E-state index in [0.29, 0.717) is 18.8 Å². The number of nitrogens with one attached hydrogen (secondary N) is 2. The van der Waals surface area contributed by atoms with E-state index in [1.165, 1.54) is 5.56 Å². The maximum atomic E-state index is 11.8. The number of aliphatic carboxylic acids is 1. The molecule has 0 bridgehead atoms. The quantitative estimate of drug-likeness (QED) is 0.115. The van der Waals surface area contributed by atoms with Gasteiger partial charge in [-0.05, 0) is 24.1 Å². The van der Waals surface area contributed by atoms with E-state index in [4.69, 9.17) is 15.6 Å². The van der Waals surface area contributed by atoms with Crippen LogP contribution in [0.1, 0.15) is 55.8 Å². The number of carbonyl (C=O) groups is 2. The third-order valence-corrected chi connectivity index (χ3v) is 8.53. The van der Waals surface area contributed by atoms with Crippen LogP contribution < -0.4 is 21.1 Å². The Morgan fingerprint density at radius 3 is 2.60 bits per heavy atom. The number of carboxylic acid groups (broad SMARTS) is 1. The number of methoxy groups -OCH3 is 1. The predicted molar refractivity (Wildman–Crippen MR) is 183 cm³/mol. The molecule has 5 rings (SSSR count). The largest absolute Gasteiger partial charge is 0.496 e. The Morgan fingerprint density at radius 2 is 1.83 bits per heavy atom. The molecule has 0 aliphatic carbocycles. The number of fused-ring (bicyclic) bond motifs is 1. The number of hydrogen-bond donors (Lipinski definition) is 4. The van der Waals surface area contributed by atoms with E-state index >= 15 is 0 Å². The van der Waals surface area contributed by atoms with E-state index in [9.17, 15) is 9.59 Å². The van der Waals surface area contributed by atoms with Crippen LogP contribution in [0, 0.1) is 0 Å². The van der Waals surface area contributed by atoms with Crippen LogP contribution in [-0.2, 0) is 35.8 Å². The summed E-state index contributed by atoms with van der Waals surface area (Å²) in [6, 6.07) is 8.45. The highest BCUT2D eigenvalue weighted by atomic mass is 16.5. The molecule has 48 heavy (non-hydrogen) atoms. The molecule has 1 aromatic carbocycles. The average Bonchev–Trinajstić information content (AvgIpc) is 3.71. The molecule has 15 nitrogen and oxygen atoms in total. The van der Waals surface area contributed by atoms with E-state index in [0.717, 1.165) is 93.2 Å². The number of benzene rings is 1. The van der Waals surface area contributed by atoms with Crippen molar-refractivity contribution in [1.29, 1.82) is 0 Å². The second-order valence-electron chi connectivity index (χ2n) is 12.1. The molecule has 258 valence electrons. The lowest BCUT2D eigenvalue weighted by Crippen LogP contribution is -2.46. The highest BCUT2D eigenvalue weighted by Crippen LogP contribution is 2.27. The van der Waals surface area contributed by atoms with E-state index < -0.39 is 5.97 Å². The third kappa shape index (κ3) is 9.64. The molecule has 1 saturated heterocycles. The van der Waals surface area contributed by atoms with Crippen molar-refractivity contribution in [3.8, 4) is 5.75 Å². The standard InChI is InChI=1S/C33H47N11O4/c1-3-4-5-11-35-32-31-27(37-33(34)38-32)10-12-43(31)22-25-7-6-24(19-28(25)48-2)21-42-15-13-41(14-16-42)17-18-44-23-26(39-40-44)20-36-29(45)8-9-30(46)47/h6-7,10,12,19,23H,3-5,8-9,11,13-18,20-22H2,1-2H3,(H,36,45)(H,46,47)(H3,34,35,37,38). The molecule has 0 unspecified atom stereocenters. The number of rotatable bonds is 18. The molecule has 1 aliphatic rings. The van der Waals surface area contributed by atoms with Gasteiger partial charge in [0.15, 0.2) is 5.82 Å². The maximum Gasteiger partial charge on any atom is 0.303 e. The summed E-state index contributed by atoms with van der Waals surface area (Å²) in [5.74, 6) is 0.575. The van der Waals surface area contributed by atoms with Gasteiger partial charge < -0.3 is 30.8 Å². The number of carbonyl (C=O) groups excluding carboxylic acids is 1. The van der Waals surface area contributed by atoms with Crippen molar-refractivity contribution in [2.24, 2.45) is 0 Å². The number of nitrogen functional groups attached to an aromatic ring is 1. The predicted octanol–water partition coefficient (Wildman–Crippen LogP) is 2.56. The van der Waals surface area contributed by atoms with Crippen LogP contribution in [0.3, 0.4) is 0 Å². The van der Waals surface area contributed by atoms with Crippen LogP contribution in [0.2, 0.25) is 0 Å². The number of hydrogen-bond acceptors (Lipinski definition) is 11. The number of anilines is 2. The van der Waals surface area contributed by atoms with Gasteiger partial charge in [-0.15, -0.1) is 5.10 Å². The topological polar surface area (TPSA) is 182 Å². The van der Waals surface area contributed by atoms with E-state index in [-0.39, 0.29) is 31.2 Å². The van der Waals surface area contributed by atoms with Crippen molar-refractivity contribution in [2.75, 3.05) is 57.4 Å². The van der Waals surface area contributed by atoms with Gasteiger partial charge in [-0.25, -0.2) is 4.98 Å². The van der Waals surface area contributed by atoms with Crippen molar-refractivity contribution in [3.63, 3.8) is 0 Å². The number of amides is 1. The van der Waals surface area contributed by atoms with Gasteiger partial charge in [-0.3, -0.25) is 24.1 Å². The molecule has 0 spiro atoms. The molecule has 4 heterocycles. The number of carboxylic acids is 1. The van der Waals surface area contributed by atoms with Crippen molar-refractivity contribution < 1.29 is 19.4 Å². The van der Waals surface area contributed by atoms with Gasteiger partial charge in [0.1, 0.15) is 17.0 Å². The van der Waals surface area contributed by atoms with Gasteiger partial charge in [0.25, 0.3) is 0 Å². The Labute approximate surface area is 280 Å². The lowest BCUT2D eigenvalue weighted by Gasteiger charge is -2.34. The Morgan fingerprint density at radius 1 is 1.02 bits per heavy atom. The normalized spacial score (nSPS) is 14.0. The first-order chi connectivity index (χ1) is 23.3. The second kappa shape index (κ2) is 16.9. The molecule has 1 aliphatic heterocycles. The number of nitrogens with two attached hydrogens (primary N) is 1. The van der Waals surface area contributed by atoms with Gasteiger partial charge in [0.05, 0.1) is 44.9 Å². The fraction of sp³-hybridized carbons (Fsp3) is 0.515. The monoisotopic (exact) mass is 661 g/mol. The highest BCUT2D eigenvalue weighted by Gasteiger charge is 2.19. The number of unbranched alkanes of at least 4 members (excludes halogenated alkanes) is 2. The molecular formula is C33H47N11O4. The lowest BCUT2D eigenvalue weighted by molar-refractivity contribution is -0.138. The fourth-order valence-electron chi connectivity index (χ4n) is 5.86. The first kappa shape index (κ1) is 34.6. The zero-order valence-corrected chi connectivity index (χ0v) is 27.9. The highest BCUT2D eigenvalue weighted by molar-refractivity contribution is 5.87. The smallest absolute Gasteiger partial charge is 0.303 e. The van der Waals surface area contributed by atoms with E-state index in [1.807, 2.05) is 18.5 Å². The Hall–Kier alpha value is -4.76. The summed E-state index contributed by atoms with van der Waals surface area (Å²) in [6.45, 7) is 10.1. The van der Waals surface area contributed by atoms with Crippen LogP contribution in [0.15, 0.2) is 36.7 Å². The Bertz CT molecular complexity index is 1660. The zero-order valence-electron chi connectivity index (χ0n) is 27.9. The third-order valence-electron chi connectivity index (χ3n) is 8.53. The van der Waals surface area contributed by atoms with Gasteiger partial charge in [-0.1, -0.05) is 37.1 Å². The first-order valence-electron chi connectivity index (χ1n) is 16.7. The zero-order chi connectivity index (χ0) is 33.9. The van der Waals surface area contributed by atoms with Crippen LogP contribution in [0.4, 0.5) is 11.8 Å². The van der Waals surface area contributed by atoms with E-state index in [1.54, 1.807) is 11.8 Å². The van der Waals surface area contributed by atoms with Crippen LogP contribution in [-0.4, -0.2) is 103 Å². The number of piperazine rings is 1. The lowest BCUT2D eigenvalue weighted by atomic mass is 10.1. The summed E-state index contributed by atoms with van der Waals surface area (Å²) in [4.78, 5) is 36.2. The molecule has 1 amide bonds.